The fraction of sp³-hybridized carbons (Fsp3) is 0.0455. The third-order valence-corrected chi connectivity index (χ3v) is 4.35. The number of imidazole rings is 1. The Kier molecular flexibility index (Phi) is 4.72. The first-order valence-electron chi connectivity index (χ1n) is 8.79. The maximum atomic E-state index is 12.2. The van der Waals surface area contributed by atoms with E-state index in [9.17, 15) is 4.79 Å². The summed E-state index contributed by atoms with van der Waals surface area (Å²) in [5, 5.41) is 14.7. The Balaban J connectivity index is 1.38. The highest BCUT2D eigenvalue weighted by Gasteiger charge is 2.06. The van der Waals surface area contributed by atoms with Gasteiger partial charge in [0, 0.05) is 17.1 Å². The highest BCUT2D eigenvalue weighted by Crippen LogP contribution is 2.19. The summed E-state index contributed by atoms with van der Waals surface area (Å²) < 4.78 is 2.01. The molecule has 0 aliphatic heterocycles. The number of nitrogens with zero attached hydrogens (tertiary/aromatic N) is 3. The monoisotopic (exact) mass is 367 g/mol. The lowest BCUT2D eigenvalue weighted by molar-refractivity contribution is -0.114. The van der Waals surface area contributed by atoms with Crippen LogP contribution in [0.4, 0.5) is 11.4 Å². The molecule has 6 heteroatoms. The standard InChI is InChI=1S/C22H17N5O/c23-13-16-5-7-17(8-6-16)24-14-22(28)26-18-9-11-19(12-10-18)27-15-25-20-3-1-2-4-21(20)27/h1-12,15,24H,14H2,(H,26,28). The fourth-order valence-corrected chi connectivity index (χ4v) is 2.92. The second kappa shape index (κ2) is 7.64. The van der Waals surface area contributed by atoms with E-state index in [4.69, 9.17) is 5.26 Å². The number of aromatic nitrogens is 2. The van der Waals surface area contributed by atoms with Crippen molar-refractivity contribution in [2.24, 2.45) is 0 Å². The second-order valence-corrected chi connectivity index (χ2v) is 6.24. The molecule has 2 N–H and O–H groups in total. The summed E-state index contributed by atoms with van der Waals surface area (Å²) in [6, 6.07) is 24.6. The molecule has 0 atom stereocenters. The average molecular weight is 367 g/mol. The minimum Gasteiger partial charge on any atom is -0.376 e. The molecule has 6 nitrogen and oxygen atoms in total. The number of nitrogens with one attached hydrogen (secondary N) is 2. The maximum Gasteiger partial charge on any atom is 0.243 e. The Morgan fingerprint density at radius 1 is 0.964 bits per heavy atom. The van der Waals surface area contributed by atoms with Gasteiger partial charge in [0.2, 0.25) is 5.91 Å². The van der Waals surface area contributed by atoms with E-state index in [0.29, 0.717) is 5.56 Å². The predicted octanol–water partition coefficient (Wildman–Crippen LogP) is 3.95. The van der Waals surface area contributed by atoms with E-state index in [0.717, 1.165) is 28.1 Å². The molecule has 0 spiro atoms. The predicted molar refractivity (Wildman–Crippen MR) is 109 cm³/mol. The Morgan fingerprint density at radius 3 is 2.43 bits per heavy atom. The number of fused-ring (bicyclic) bond motifs is 1. The van der Waals surface area contributed by atoms with Gasteiger partial charge in [-0.1, -0.05) is 12.1 Å². The Hall–Kier alpha value is -4.11. The molecule has 4 rings (SSSR count). The van der Waals surface area contributed by atoms with Crippen molar-refractivity contribution in [3.05, 3.63) is 84.7 Å². The molecule has 0 aliphatic rings. The van der Waals surface area contributed by atoms with Gasteiger partial charge in [-0.25, -0.2) is 4.98 Å². The molecule has 28 heavy (non-hydrogen) atoms. The quantitative estimate of drug-likeness (QED) is 0.559. The molecular weight excluding hydrogens is 350 g/mol. The van der Waals surface area contributed by atoms with Crippen LogP contribution in [-0.2, 0) is 4.79 Å². The van der Waals surface area contributed by atoms with Crippen LogP contribution in [0.5, 0.6) is 0 Å². The molecule has 0 aliphatic carbocycles. The number of carbonyl (C=O) groups is 1. The first-order chi connectivity index (χ1) is 13.7. The number of rotatable bonds is 5. The van der Waals surface area contributed by atoms with Crippen LogP contribution in [0.1, 0.15) is 5.56 Å². The van der Waals surface area contributed by atoms with Crippen molar-refractivity contribution < 1.29 is 4.79 Å². The van der Waals surface area contributed by atoms with Gasteiger partial charge in [-0.15, -0.1) is 0 Å². The first-order valence-corrected chi connectivity index (χ1v) is 8.79. The molecule has 0 fully saturated rings. The van der Waals surface area contributed by atoms with Crippen LogP contribution in [0.15, 0.2) is 79.1 Å². The topological polar surface area (TPSA) is 82.7 Å². The maximum absolute atomic E-state index is 12.2. The van der Waals surface area contributed by atoms with Crippen LogP contribution in [0.2, 0.25) is 0 Å². The van der Waals surface area contributed by atoms with E-state index in [-0.39, 0.29) is 12.5 Å². The number of para-hydroxylation sites is 2. The molecule has 136 valence electrons. The molecule has 0 saturated heterocycles. The number of carbonyl (C=O) groups excluding carboxylic acids is 1. The molecule has 1 amide bonds. The Bertz CT molecular complexity index is 1150. The highest BCUT2D eigenvalue weighted by molar-refractivity contribution is 5.93. The zero-order chi connectivity index (χ0) is 19.3. The van der Waals surface area contributed by atoms with Crippen molar-refractivity contribution in [1.82, 2.24) is 9.55 Å². The smallest absolute Gasteiger partial charge is 0.243 e. The van der Waals surface area contributed by atoms with Crippen LogP contribution in [0.3, 0.4) is 0 Å². The average Bonchev–Trinajstić information content (AvgIpc) is 3.17. The van der Waals surface area contributed by atoms with Crippen molar-refractivity contribution in [1.29, 1.82) is 5.26 Å². The van der Waals surface area contributed by atoms with Crippen molar-refractivity contribution in [3.63, 3.8) is 0 Å². The van der Waals surface area contributed by atoms with Gasteiger partial charge in [-0.3, -0.25) is 9.36 Å². The number of amides is 1. The summed E-state index contributed by atoms with van der Waals surface area (Å²) in [5.41, 5.74) is 5.04. The van der Waals surface area contributed by atoms with Crippen molar-refractivity contribution in [3.8, 4) is 11.8 Å². The molecular formula is C22H17N5O. The number of benzene rings is 3. The van der Waals surface area contributed by atoms with Crippen LogP contribution in [0.25, 0.3) is 16.7 Å². The zero-order valence-electron chi connectivity index (χ0n) is 15.0. The number of hydrogen-bond acceptors (Lipinski definition) is 4. The highest BCUT2D eigenvalue weighted by atomic mass is 16.1. The summed E-state index contributed by atoms with van der Waals surface area (Å²) in [5.74, 6) is -0.148. The fourth-order valence-electron chi connectivity index (χ4n) is 2.92. The van der Waals surface area contributed by atoms with Gasteiger partial charge in [0.15, 0.2) is 0 Å². The molecule has 3 aromatic carbocycles. The minimum absolute atomic E-state index is 0.139. The van der Waals surface area contributed by atoms with E-state index in [1.807, 2.05) is 53.1 Å². The summed E-state index contributed by atoms with van der Waals surface area (Å²) in [7, 11) is 0. The number of nitriles is 1. The number of hydrogen-bond donors (Lipinski definition) is 2. The van der Waals surface area contributed by atoms with E-state index < -0.39 is 0 Å². The van der Waals surface area contributed by atoms with Gasteiger partial charge in [0.1, 0.15) is 6.33 Å². The molecule has 0 saturated carbocycles. The van der Waals surface area contributed by atoms with Gasteiger partial charge < -0.3 is 10.6 Å². The largest absolute Gasteiger partial charge is 0.376 e. The minimum atomic E-state index is -0.148. The molecule has 1 aromatic heterocycles. The van der Waals surface area contributed by atoms with Crippen LogP contribution < -0.4 is 10.6 Å². The second-order valence-electron chi connectivity index (χ2n) is 6.24. The SMILES string of the molecule is N#Cc1ccc(NCC(=O)Nc2ccc(-n3cnc4ccccc43)cc2)cc1. The van der Waals surface area contributed by atoms with Crippen LogP contribution in [0, 0.1) is 11.3 Å². The van der Waals surface area contributed by atoms with Crippen molar-refractivity contribution >= 4 is 28.3 Å². The van der Waals surface area contributed by atoms with Gasteiger partial charge in [-0.2, -0.15) is 5.26 Å². The van der Waals surface area contributed by atoms with E-state index >= 15 is 0 Å². The van der Waals surface area contributed by atoms with Gasteiger partial charge in [0.05, 0.1) is 29.2 Å². The first kappa shape index (κ1) is 17.3. The normalized spacial score (nSPS) is 10.4. The summed E-state index contributed by atoms with van der Waals surface area (Å²) >= 11 is 0. The summed E-state index contributed by atoms with van der Waals surface area (Å²) in [6.07, 6.45) is 1.79. The van der Waals surface area contributed by atoms with Crippen LogP contribution >= 0.6 is 0 Å². The number of anilines is 2. The third-order valence-electron chi connectivity index (χ3n) is 4.35. The molecule has 0 bridgehead atoms. The lowest BCUT2D eigenvalue weighted by Gasteiger charge is -2.09. The Morgan fingerprint density at radius 2 is 1.68 bits per heavy atom. The van der Waals surface area contributed by atoms with Gasteiger partial charge in [0.25, 0.3) is 0 Å². The summed E-state index contributed by atoms with van der Waals surface area (Å²) in [4.78, 5) is 16.6. The molecule has 0 radical (unpaired) electrons. The van der Waals surface area contributed by atoms with Crippen molar-refractivity contribution in [2.75, 3.05) is 17.2 Å². The van der Waals surface area contributed by atoms with Crippen molar-refractivity contribution in [2.45, 2.75) is 0 Å². The van der Waals surface area contributed by atoms with E-state index in [1.165, 1.54) is 0 Å². The Labute approximate surface area is 162 Å². The van der Waals surface area contributed by atoms with Gasteiger partial charge >= 0.3 is 0 Å². The molecule has 4 aromatic rings. The lowest BCUT2D eigenvalue weighted by atomic mass is 10.2. The zero-order valence-corrected chi connectivity index (χ0v) is 15.0. The van der Waals surface area contributed by atoms with E-state index in [1.54, 1.807) is 30.6 Å². The van der Waals surface area contributed by atoms with E-state index in [2.05, 4.69) is 21.7 Å². The molecule has 1 heterocycles. The van der Waals surface area contributed by atoms with Gasteiger partial charge in [-0.05, 0) is 60.7 Å². The van der Waals surface area contributed by atoms with Crippen LogP contribution in [-0.4, -0.2) is 22.0 Å². The third kappa shape index (κ3) is 3.69. The summed E-state index contributed by atoms with van der Waals surface area (Å²) in [6.45, 7) is 0.139. The molecule has 0 unspecified atom stereocenters. The lowest BCUT2D eigenvalue weighted by Crippen LogP contribution is -2.21.